The average Bonchev–Trinajstić information content (AvgIpc) is 2.41. The van der Waals surface area contributed by atoms with E-state index in [0.29, 0.717) is 19.8 Å². The van der Waals surface area contributed by atoms with Crippen LogP contribution in [-0.2, 0) is 21.6 Å². The van der Waals surface area contributed by atoms with Crippen LogP contribution >= 0.6 is 0 Å². The molecular weight excluding hydrogens is 230 g/mol. The number of hydrogen-bond donors (Lipinski definition) is 1. The van der Waals surface area contributed by atoms with Crippen LogP contribution in [0.2, 0.25) is 0 Å². The molecule has 0 bridgehead atoms. The summed E-state index contributed by atoms with van der Waals surface area (Å²) in [5, 5.41) is 3.09. The molecule has 0 atom stereocenters. The van der Waals surface area contributed by atoms with Gasteiger partial charge in [0.05, 0.1) is 0 Å². The molecule has 1 N–H and O–H groups in total. The first-order chi connectivity index (χ1) is 8.80. The van der Waals surface area contributed by atoms with Crippen molar-refractivity contribution in [2.24, 2.45) is 0 Å². The molecule has 0 amide bonds. The number of rotatable bonds is 5. The molecule has 0 spiro atoms. The largest absolute Gasteiger partial charge is 0.381 e. The van der Waals surface area contributed by atoms with Gasteiger partial charge in [0.25, 0.3) is 0 Å². The van der Waals surface area contributed by atoms with Gasteiger partial charge in [0.2, 0.25) is 0 Å². The van der Waals surface area contributed by atoms with Gasteiger partial charge in [-0.05, 0) is 14.0 Å². The first-order valence-corrected chi connectivity index (χ1v) is 6.48. The second kappa shape index (κ2) is 6.22. The first-order valence-electron chi connectivity index (χ1n) is 6.48. The summed E-state index contributed by atoms with van der Waals surface area (Å²) in [5.74, 6) is 0.785. The Kier molecular flexibility index (Phi) is 4.63. The Hall–Kier alpha value is -1.04. The van der Waals surface area contributed by atoms with Crippen LogP contribution < -0.4 is 5.32 Å². The first kappa shape index (κ1) is 13.4. The maximum Gasteiger partial charge on any atom is 0.160 e. The maximum absolute atomic E-state index is 5.94. The molecule has 0 aliphatic carbocycles. The van der Waals surface area contributed by atoms with Crippen LogP contribution in [0.4, 0.5) is 0 Å². The van der Waals surface area contributed by atoms with Gasteiger partial charge in [-0.25, -0.2) is 9.97 Å². The van der Waals surface area contributed by atoms with Gasteiger partial charge in [0.15, 0.2) is 5.82 Å². The third-order valence-electron chi connectivity index (χ3n) is 3.21. The van der Waals surface area contributed by atoms with Gasteiger partial charge in [-0.2, -0.15) is 0 Å². The molecule has 1 aliphatic rings. The average molecular weight is 251 g/mol. The van der Waals surface area contributed by atoms with E-state index in [2.05, 4.69) is 15.3 Å². The summed E-state index contributed by atoms with van der Waals surface area (Å²) in [6.45, 7) is 4.88. The second-order valence-corrected chi connectivity index (χ2v) is 4.48. The third kappa shape index (κ3) is 2.85. The lowest BCUT2D eigenvalue weighted by Crippen LogP contribution is -2.38. The van der Waals surface area contributed by atoms with E-state index in [1.165, 1.54) is 0 Å². The Morgan fingerprint density at radius 3 is 2.56 bits per heavy atom. The second-order valence-electron chi connectivity index (χ2n) is 4.48. The van der Waals surface area contributed by atoms with Gasteiger partial charge in [-0.3, -0.25) is 0 Å². The predicted octanol–water partition coefficient (Wildman–Crippen LogP) is 1.24. The lowest BCUT2D eigenvalue weighted by Gasteiger charge is -2.35. The van der Waals surface area contributed by atoms with Crippen LogP contribution in [0.3, 0.4) is 0 Å². The highest BCUT2D eigenvalue weighted by Gasteiger charge is 2.37. The molecule has 0 unspecified atom stereocenters. The smallest absolute Gasteiger partial charge is 0.160 e. The van der Waals surface area contributed by atoms with E-state index in [1.807, 2.05) is 26.4 Å². The molecule has 2 rings (SSSR count). The summed E-state index contributed by atoms with van der Waals surface area (Å²) in [7, 11) is 1.91. The molecule has 0 aromatic carbocycles. The summed E-state index contributed by atoms with van der Waals surface area (Å²) in [4.78, 5) is 8.96. The molecule has 0 saturated carbocycles. The Morgan fingerprint density at radius 1 is 1.33 bits per heavy atom. The number of hydrogen-bond acceptors (Lipinski definition) is 5. The van der Waals surface area contributed by atoms with Crippen LogP contribution in [0.1, 0.15) is 31.2 Å². The van der Waals surface area contributed by atoms with Crippen molar-refractivity contribution in [3.8, 4) is 0 Å². The van der Waals surface area contributed by atoms with E-state index in [-0.39, 0.29) is 5.60 Å². The number of ether oxygens (including phenoxy) is 2. The van der Waals surface area contributed by atoms with E-state index in [0.717, 1.165) is 30.8 Å². The summed E-state index contributed by atoms with van der Waals surface area (Å²) in [5.41, 5.74) is 0.727. The Balaban J connectivity index is 2.19. The molecule has 1 fully saturated rings. The molecule has 100 valence electrons. The number of nitrogens with one attached hydrogen (secondary N) is 1. The van der Waals surface area contributed by atoms with Crippen molar-refractivity contribution in [3.63, 3.8) is 0 Å². The normalized spacial score (nSPS) is 18.8. The lowest BCUT2D eigenvalue weighted by molar-refractivity contribution is -0.117. The predicted molar refractivity (Wildman–Crippen MR) is 68.2 cm³/mol. The van der Waals surface area contributed by atoms with Crippen LogP contribution in [-0.4, -0.2) is 36.8 Å². The quantitative estimate of drug-likeness (QED) is 0.853. The van der Waals surface area contributed by atoms with Gasteiger partial charge < -0.3 is 14.8 Å². The van der Waals surface area contributed by atoms with Gasteiger partial charge >= 0.3 is 0 Å². The van der Waals surface area contributed by atoms with Crippen molar-refractivity contribution >= 4 is 0 Å². The zero-order valence-electron chi connectivity index (χ0n) is 11.1. The van der Waals surface area contributed by atoms with Crippen molar-refractivity contribution in [2.75, 3.05) is 26.9 Å². The van der Waals surface area contributed by atoms with Gasteiger partial charge in [0, 0.05) is 57.2 Å². The summed E-state index contributed by atoms with van der Waals surface area (Å²) >= 11 is 0. The van der Waals surface area contributed by atoms with E-state index in [9.17, 15) is 0 Å². The molecule has 1 aliphatic heterocycles. The molecule has 1 aromatic heterocycles. The highest BCUT2D eigenvalue weighted by molar-refractivity contribution is 5.10. The zero-order chi connectivity index (χ0) is 12.8. The number of nitrogens with zero attached hydrogens (tertiary/aromatic N) is 2. The molecule has 1 aromatic rings. The zero-order valence-corrected chi connectivity index (χ0v) is 11.1. The van der Waals surface area contributed by atoms with Gasteiger partial charge in [0.1, 0.15) is 5.60 Å². The van der Waals surface area contributed by atoms with Crippen molar-refractivity contribution in [2.45, 2.75) is 31.9 Å². The standard InChI is InChI=1S/C13H21N3O2/c1-3-18-13(4-6-17-7-5-13)12-15-9-11(8-14-2)10-16-12/h9-10,14H,3-8H2,1-2H3. The van der Waals surface area contributed by atoms with Crippen LogP contribution in [0.25, 0.3) is 0 Å². The van der Waals surface area contributed by atoms with Crippen molar-refractivity contribution < 1.29 is 9.47 Å². The monoisotopic (exact) mass is 251 g/mol. The van der Waals surface area contributed by atoms with Crippen LogP contribution in [0, 0.1) is 0 Å². The van der Waals surface area contributed by atoms with E-state index >= 15 is 0 Å². The van der Waals surface area contributed by atoms with E-state index < -0.39 is 0 Å². The Bertz CT molecular complexity index is 355. The fourth-order valence-electron chi connectivity index (χ4n) is 2.30. The number of aromatic nitrogens is 2. The molecule has 5 heteroatoms. The molecule has 18 heavy (non-hydrogen) atoms. The third-order valence-corrected chi connectivity index (χ3v) is 3.21. The van der Waals surface area contributed by atoms with Gasteiger partial charge in [-0.15, -0.1) is 0 Å². The molecule has 2 heterocycles. The lowest BCUT2D eigenvalue weighted by atomic mass is 9.93. The topological polar surface area (TPSA) is 56.3 Å². The fourth-order valence-corrected chi connectivity index (χ4v) is 2.30. The van der Waals surface area contributed by atoms with E-state index in [4.69, 9.17) is 9.47 Å². The minimum atomic E-state index is -0.356. The molecule has 0 radical (unpaired) electrons. The van der Waals surface area contributed by atoms with Crippen molar-refractivity contribution in [1.29, 1.82) is 0 Å². The maximum atomic E-state index is 5.94. The fraction of sp³-hybridized carbons (Fsp3) is 0.692. The highest BCUT2D eigenvalue weighted by atomic mass is 16.5. The van der Waals surface area contributed by atoms with Crippen LogP contribution in [0.5, 0.6) is 0 Å². The Morgan fingerprint density at radius 2 is 2.00 bits per heavy atom. The summed E-state index contributed by atoms with van der Waals surface area (Å²) < 4.78 is 11.3. The molecular formula is C13H21N3O2. The Labute approximate surface area is 108 Å². The van der Waals surface area contributed by atoms with Crippen molar-refractivity contribution in [3.05, 3.63) is 23.8 Å². The van der Waals surface area contributed by atoms with Crippen LogP contribution in [0.15, 0.2) is 12.4 Å². The van der Waals surface area contributed by atoms with Gasteiger partial charge in [-0.1, -0.05) is 0 Å². The minimum Gasteiger partial charge on any atom is -0.381 e. The highest BCUT2D eigenvalue weighted by Crippen LogP contribution is 2.33. The summed E-state index contributed by atoms with van der Waals surface area (Å²) in [6, 6.07) is 0. The molecule has 1 saturated heterocycles. The molecule has 5 nitrogen and oxygen atoms in total. The minimum absolute atomic E-state index is 0.356. The van der Waals surface area contributed by atoms with Crippen molar-refractivity contribution in [1.82, 2.24) is 15.3 Å². The SMILES string of the molecule is CCOC1(c2ncc(CNC)cn2)CCOCC1. The van der Waals surface area contributed by atoms with E-state index in [1.54, 1.807) is 0 Å². The summed E-state index contributed by atoms with van der Waals surface area (Å²) in [6.07, 6.45) is 5.39.